The largest absolute Gasteiger partial charge is 0.465 e. The maximum Gasteiger partial charge on any atom is 0.407 e. The van der Waals surface area contributed by atoms with E-state index in [4.69, 9.17) is 10.5 Å². The SMILES string of the molecule is Nc1ncnc2c1n(-c1ccc(Oc3ccccc3)cc1)c(=O)n2C1CCCN(C(=O)O)C1. The summed E-state index contributed by atoms with van der Waals surface area (Å²) in [5.41, 5.74) is 7.18. The third kappa shape index (κ3) is 3.75. The molecule has 0 aliphatic carbocycles. The lowest BCUT2D eigenvalue weighted by Gasteiger charge is -2.31. The highest BCUT2D eigenvalue weighted by molar-refractivity contribution is 5.84. The zero-order valence-electron chi connectivity index (χ0n) is 17.7. The van der Waals surface area contributed by atoms with Crippen molar-refractivity contribution in [1.82, 2.24) is 24.0 Å². The molecule has 0 saturated carbocycles. The van der Waals surface area contributed by atoms with Gasteiger partial charge in [0.2, 0.25) is 0 Å². The van der Waals surface area contributed by atoms with Crippen molar-refractivity contribution < 1.29 is 14.6 Å². The molecule has 1 aliphatic heterocycles. The Kier molecular flexibility index (Phi) is 5.17. The lowest BCUT2D eigenvalue weighted by molar-refractivity contribution is 0.121. The van der Waals surface area contributed by atoms with Crippen molar-refractivity contribution in [3.05, 3.63) is 71.4 Å². The molecule has 2 aromatic carbocycles. The smallest absolute Gasteiger partial charge is 0.407 e. The summed E-state index contributed by atoms with van der Waals surface area (Å²) < 4.78 is 8.85. The van der Waals surface area contributed by atoms with Crippen LogP contribution < -0.4 is 16.2 Å². The van der Waals surface area contributed by atoms with Crippen molar-refractivity contribution >= 4 is 23.1 Å². The van der Waals surface area contributed by atoms with E-state index in [0.717, 1.165) is 0 Å². The van der Waals surface area contributed by atoms with E-state index in [1.54, 1.807) is 24.3 Å². The number of imidazole rings is 1. The molecule has 4 aromatic rings. The Hall–Kier alpha value is -4.34. The summed E-state index contributed by atoms with van der Waals surface area (Å²) >= 11 is 0. The van der Waals surface area contributed by atoms with E-state index in [0.29, 0.717) is 47.7 Å². The van der Waals surface area contributed by atoms with E-state index in [1.807, 2.05) is 30.3 Å². The van der Waals surface area contributed by atoms with Crippen LogP contribution in [-0.2, 0) is 0 Å². The number of piperidine rings is 1. The Bertz CT molecular complexity index is 1360. The molecule has 10 heteroatoms. The van der Waals surface area contributed by atoms with Gasteiger partial charge >= 0.3 is 11.8 Å². The molecule has 1 saturated heterocycles. The molecule has 0 bridgehead atoms. The number of nitrogen functional groups attached to an aromatic ring is 1. The van der Waals surface area contributed by atoms with Gasteiger partial charge in [-0.05, 0) is 49.2 Å². The fourth-order valence-electron chi connectivity index (χ4n) is 4.26. The van der Waals surface area contributed by atoms with Gasteiger partial charge in [-0.2, -0.15) is 0 Å². The molecule has 5 rings (SSSR count). The van der Waals surface area contributed by atoms with E-state index >= 15 is 0 Å². The van der Waals surface area contributed by atoms with Crippen LogP contribution in [0.4, 0.5) is 10.6 Å². The van der Waals surface area contributed by atoms with Gasteiger partial charge in [0.05, 0.1) is 11.7 Å². The number of carboxylic acid groups (broad SMARTS) is 1. The van der Waals surface area contributed by atoms with E-state index in [-0.39, 0.29) is 24.1 Å². The summed E-state index contributed by atoms with van der Waals surface area (Å²) in [5.74, 6) is 1.50. The van der Waals surface area contributed by atoms with Crippen molar-refractivity contribution in [2.75, 3.05) is 18.8 Å². The molecule has 1 aliphatic rings. The summed E-state index contributed by atoms with van der Waals surface area (Å²) in [6.07, 6.45) is 1.63. The third-order valence-electron chi connectivity index (χ3n) is 5.79. The van der Waals surface area contributed by atoms with E-state index in [1.165, 1.54) is 20.4 Å². The van der Waals surface area contributed by atoms with Crippen LogP contribution in [0.3, 0.4) is 0 Å². The molecule has 0 spiro atoms. The van der Waals surface area contributed by atoms with Crippen molar-refractivity contribution in [3.63, 3.8) is 0 Å². The third-order valence-corrected chi connectivity index (χ3v) is 5.79. The first-order valence-electron chi connectivity index (χ1n) is 10.6. The second-order valence-electron chi connectivity index (χ2n) is 7.85. The number of amides is 1. The van der Waals surface area contributed by atoms with Gasteiger partial charge in [-0.15, -0.1) is 0 Å². The summed E-state index contributed by atoms with van der Waals surface area (Å²) in [7, 11) is 0. The van der Waals surface area contributed by atoms with Crippen molar-refractivity contribution in [2.45, 2.75) is 18.9 Å². The van der Waals surface area contributed by atoms with E-state index in [9.17, 15) is 14.7 Å². The number of nitrogens with two attached hydrogens (primary N) is 1. The van der Waals surface area contributed by atoms with Gasteiger partial charge in [0.25, 0.3) is 0 Å². The maximum absolute atomic E-state index is 13.6. The molecule has 1 amide bonds. The van der Waals surface area contributed by atoms with Crippen LogP contribution in [0.15, 0.2) is 65.7 Å². The molecule has 3 N–H and O–H groups in total. The minimum absolute atomic E-state index is 0.173. The van der Waals surface area contributed by atoms with Crippen LogP contribution in [0.2, 0.25) is 0 Å². The Labute approximate surface area is 188 Å². The maximum atomic E-state index is 13.6. The van der Waals surface area contributed by atoms with Gasteiger partial charge < -0.3 is 20.5 Å². The average Bonchev–Trinajstić information content (AvgIpc) is 3.13. The first-order valence-corrected chi connectivity index (χ1v) is 10.6. The number of anilines is 1. The second kappa shape index (κ2) is 8.30. The van der Waals surface area contributed by atoms with Crippen molar-refractivity contribution in [3.8, 4) is 17.2 Å². The number of fused-ring (bicyclic) bond motifs is 1. The molecule has 10 nitrogen and oxygen atoms in total. The molecule has 1 unspecified atom stereocenters. The van der Waals surface area contributed by atoms with Crippen LogP contribution in [0.1, 0.15) is 18.9 Å². The fourth-order valence-corrected chi connectivity index (χ4v) is 4.26. The lowest BCUT2D eigenvalue weighted by atomic mass is 10.1. The molecule has 3 heterocycles. The first kappa shape index (κ1) is 20.6. The zero-order valence-corrected chi connectivity index (χ0v) is 17.7. The second-order valence-corrected chi connectivity index (χ2v) is 7.85. The average molecular weight is 446 g/mol. The van der Waals surface area contributed by atoms with Crippen LogP contribution in [0, 0.1) is 0 Å². The number of carbonyl (C=O) groups is 1. The van der Waals surface area contributed by atoms with Crippen LogP contribution in [0.5, 0.6) is 11.5 Å². The highest BCUT2D eigenvalue weighted by atomic mass is 16.5. The Morgan fingerprint density at radius 2 is 1.79 bits per heavy atom. The van der Waals surface area contributed by atoms with Crippen molar-refractivity contribution in [2.24, 2.45) is 0 Å². The van der Waals surface area contributed by atoms with Gasteiger partial charge in [0.1, 0.15) is 23.3 Å². The Balaban J connectivity index is 1.57. The number of hydrogen-bond donors (Lipinski definition) is 2. The topological polar surface area (TPSA) is 128 Å². The number of benzene rings is 2. The molecule has 168 valence electrons. The highest BCUT2D eigenvalue weighted by Crippen LogP contribution is 2.28. The van der Waals surface area contributed by atoms with Crippen molar-refractivity contribution in [1.29, 1.82) is 0 Å². The normalized spacial score (nSPS) is 16.1. The number of para-hydroxylation sites is 1. The molecule has 1 atom stereocenters. The van der Waals surface area contributed by atoms with Crippen LogP contribution in [0.25, 0.3) is 16.9 Å². The number of hydrogen-bond acceptors (Lipinski definition) is 6. The monoisotopic (exact) mass is 446 g/mol. The molecule has 33 heavy (non-hydrogen) atoms. The summed E-state index contributed by atoms with van der Waals surface area (Å²) in [5, 5.41) is 9.42. The predicted molar refractivity (Wildman–Crippen MR) is 122 cm³/mol. The number of rotatable bonds is 4. The molecular weight excluding hydrogens is 424 g/mol. The Morgan fingerprint density at radius 1 is 1.06 bits per heavy atom. The number of likely N-dealkylation sites (tertiary alicyclic amines) is 1. The molecule has 0 radical (unpaired) electrons. The number of ether oxygens (including phenoxy) is 1. The van der Waals surface area contributed by atoms with Gasteiger partial charge in [-0.25, -0.2) is 19.6 Å². The van der Waals surface area contributed by atoms with Crippen LogP contribution >= 0.6 is 0 Å². The minimum Gasteiger partial charge on any atom is -0.465 e. The predicted octanol–water partition coefficient (Wildman–Crippen LogP) is 3.27. The quantitative estimate of drug-likeness (QED) is 0.492. The van der Waals surface area contributed by atoms with E-state index in [2.05, 4.69) is 9.97 Å². The van der Waals surface area contributed by atoms with Gasteiger partial charge in [0, 0.05) is 13.1 Å². The highest BCUT2D eigenvalue weighted by Gasteiger charge is 2.29. The van der Waals surface area contributed by atoms with E-state index < -0.39 is 6.09 Å². The molecular formula is C23H22N6O4. The summed E-state index contributed by atoms with van der Waals surface area (Å²) in [4.78, 5) is 34.8. The fraction of sp³-hybridized carbons (Fsp3) is 0.217. The lowest BCUT2D eigenvalue weighted by Crippen LogP contribution is -2.42. The van der Waals surface area contributed by atoms with Crippen LogP contribution in [-0.4, -0.2) is 48.3 Å². The summed E-state index contributed by atoms with van der Waals surface area (Å²) in [6, 6.07) is 16.1. The zero-order chi connectivity index (χ0) is 22.9. The number of nitrogens with zero attached hydrogens (tertiary/aromatic N) is 5. The Morgan fingerprint density at radius 3 is 2.52 bits per heavy atom. The van der Waals surface area contributed by atoms with Gasteiger partial charge in [-0.3, -0.25) is 9.13 Å². The molecule has 1 fully saturated rings. The summed E-state index contributed by atoms with van der Waals surface area (Å²) in [6.45, 7) is 0.654. The molecule has 2 aromatic heterocycles. The first-order chi connectivity index (χ1) is 16.0. The van der Waals surface area contributed by atoms with Gasteiger partial charge in [-0.1, -0.05) is 18.2 Å². The standard InChI is InChI=1S/C23H22N6O4/c24-20-19-21(26-14-25-20)29(16-5-4-12-27(13-16)23(31)32)22(30)28(19)15-8-10-18(11-9-15)33-17-6-2-1-3-7-17/h1-3,6-11,14,16H,4-5,12-13H2,(H,31,32)(H2,24,25,26). The van der Waals surface area contributed by atoms with Gasteiger partial charge in [0.15, 0.2) is 11.5 Å². The minimum atomic E-state index is -1.00. The number of aromatic nitrogens is 4.